The molecule has 2 aromatic rings. The summed E-state index contributed by atoms with van der Waals surface area (Å²) in [6.07, 6.45) is 0.232. The van der Waals surface area contributed by atoms with Crippen LogP contribution < -0.4 is 5.32 Å². The van der Waals surface area contributed by atoms with Crippen LogP contribution in [0.3, 0.4) is 0 Å². The molecular weight excluding hydrogens is 340 g/mol. The molecule has 0 bridgehead atoms. The maximum Gasteiger partial charge on any atom is 0.234 e. The summed E-state index contributed by atoms with van der Waals surface area (Å²) in [5, 5.41) is 2.63. The normalized spacial score (nSPS) is 12.0. The van der Waals surface area contributed by atoms with Crippen LogP contribution in [0.15, 0.2) is 48.5 Å². The van der Waals surface area contributed by atoms with Crippen LogP contribution in [-0.4, -0.2) is 10.7 Å². The molecule has 0 fully saturated rings. The molecule has 0 spiro atoms. The first-order valence-electron chi connectivity index (χ1n) is 6.46. The quantitative estimate of drug-likeness (QED) is 0.817. The van der Waals surface area contributed by atoms with Crippen molar-refractivity contribution in [3.05, 3.63) is 71.3 Å². The molecule has 1 N–H and O–H groups in total. The van der Waals surface area contributed by atoms with Gasteiger partial charge in [-0.25, -0.2) is 8.78 Å². The van der Waals surface area contributed by atoms with E-state index in [2.05, 4.69) is 21.2 Å². The molecule has 2 nitrogen and oxygen atoms in total. The van der Waals surface area contributed by atoms with Crippen molar-refractivity contribution in [2.24, 2.45) is 0 Å². The van der Waals surface area contributed by atoms with Crippen LogP contribution in [0.5, 0.6) is 0 Å². The highest BCUT2D eigenvalue weighted by atomic mass is 79.9. The Morgan fingerprint density at radius 3 is 2.10 bits per heavy atom. The largest absolute Gasteiger partial charge is 0.351 e. The second-order valence-electron chi connectivity index (χ2n) is 4.57. The number of carbonyl (C=O) groups is 1. The summed E-state index contributed by atoms with van der Waals surface area (Å²) in [5.41, 5.74) is 0.872. The van der Waals surface area contributed by atoms with Gasteiger partial charge in [0.05, 0.1) is 4.83 Å². The summed E-state index contributed by atoms with van der Waals surface area (Å²) in [4.78, 5) is 11.4. The van der Waals surface area contributed by atoms with Crippen molar-refractivity contribution < 1.29 is 13.6 Å². The van der Waals surface area contributed by atoms with Crippen molar-refractivity contribution in [3.63, 3.8) is 0 Å². The van der Waals surface area contributed by atoms with Gasteiger partial charge in [-0.2, -0.15) is 0 Å². The highest BCUT2D eigenvalue weighted by Crippen LogP contribution is 2.14. The first-order valence-corrected chi connectivity index (χ1v) is 7.38. The smallest absolute Gasteiger partial charge is 0.234 e. The Bertz CT molecular complexity index is 633. The maximum absolute atomic E-state index is 13.5. The van der Waals surface area contributed by atoms with Crippen LogP contribution in [-0.2, 0) is 17.8 Å². The van der Waals surface area contributed by atoms with E-state index in [0.29, 0.717) is 11.1 Å². The van der Waals surface area contributed by atoms with Crippen LogP contribution in [0.4, 0.5) is 8.78 Å². The van der Waals surface area contributed by atoms with Gasteiger partial charge in [0.15, 0.2) is 0 Å². The van der Waals surface area contributed by atoms with E-state index in [9.17, 15) is 13.6 Å². The first kappa shape index (κ1) is 15.6. The van der Waals surface area contributed by atoms with E-state index >= 15 is 0 Å². The van der Waals surface area contributed by atoms with Gasteiger partial charge in [-0.1, -0.05) is 52.3 Å². The van der Waals surface area contributed by atoms with E-state index in [1.165, 1.54) is 12.1 Å². The summed E-state index contributed by atoms with van der Waals surface area (Å²) in [5.74, 6) is -1.01. The lowest BCUT2D eigenvalue weighted by atomic mass is 10.1. The minimum absolute atomic E-state index is 0.102. The Hall–Kier alpha value is -1.75. The van der Waals surface area contributed by atoms with E-state index in [1.807, 2.05) is 0 Å². The molecule has 0 saturated heterocycles. The molecule has 0 aliphatic rings. The van der Waals surface area contributed by atoms with E-state index in [0.717, 1.165) is 0 Å². The molecule has 0 radical (unpaired) electrons. The highest BCUT2D eigenvalue weighted by Gasteiger charge is 2.17. The predicted molar refractivity (Wildman–Crippen MR) is 81.1 cm³/mol. The molecule has 0 heterocycles. The van der Waals surface area contributed by atoms with Crippen LogP contribution in [0.2, 0.25) is 0 Å². The fraction of sp³-hybridized carbons (Fsp3) is 0.188. The molecule has 0 saturated carbocycles. The standard InChI is InChI=1S/C16H14BrF2NO/c17-13(9-11-5-1-3-7-14(11)18)16(21)20-10-12-6-2-4-8-15(12)19/h1-8,13H,9-10H2,(H,20,21). The van der Waals surface area contributed by atoms with Crippen molar-refractivity contribution in [3.8, 4) is 0 Å². The van der Waals surface area contributed by atoms with E-state index in [-0.39, 0.29) is 30.5 Å². The van der Waals surface area contributed by atoms with Crippen molar-refractivity contribution in [2.45, 2.75) is 17.8 Å². The van der Waals surface area contributed by atoms with E-state index in [4.69, 9.17) is 0 Å². The third-order valence-electron chi connectivity index (χ3n) is 3.05. The molecule has 21 heavy (non-hydrogen) atoms. The molecule has 1 unspecified atom stereocenters. The lowest BCUT2D eigenvalue weighted by Crippen LogP contribution is -2.32. The zero-order valence-electron chi connectivity index (χ0n) is 11.2. The van der Waals surface area contributed by atoms with Gasteiger partial charge in [0, 0.05) is 12.1 Å². The van der Waals surface area contributed by atoms with E-state index in [1.54, 1.807) is 36.4 Å². The Morgan fingerprint density at radius 2 is 1.52 bits per heavy atom. The fourth-order valence-corrected chi connectivity index (χ4v) is 2.40. The summed E-state index contributed by atoms with van der Waals surface area (Å²) < 4.78 is 26.9. The van der Waals surface area contributed by atoms with E-state index < -0.39 is 4.83 Å². The summed E-state index contributed by atoms with van der Waals surface area (Å²) in [6.45, 7) is 0.102. The molecule has 0 aromatic heterocycles. The molecule has 2 rings (SSSR count). The minimum Gasteiger partial charge on any atom is -0.351 e. The number of nitrogens with one attached hydrogen (secondary N) is 1. The fourth-order valence-electron chi connectivity index (χ4n) is 1.88. The van der Waals surface area contributed by atoms with Gasteiger partial charge in [-0.05, 0) is 24.1 Å². The Kier molecular flexibility index (Phi) is 5.44. The topological polar surface area (TPSA) is 29.1 Å². The number of rotatable bonds is 5. The Labute approximate surface area is 130 Å². The van der Waals surface area contributed by atoms with Gasteiger partial charge in [-0.15, -0.1) is 0 Å². The number of alkyl halides is 1. The molecule has 2 aromatic carbocycles. The second kappa shape index (κ2) is 7.31. The zero-order chi connectivity index (χ0) is 15.2. The molecule has 1 atom stereocenters. The van der Waals surface area contributed by atoms with Gasteiger partial charge < -0.3 is 5.32 Å². The molecule has 5 heteroatoms. The van der Waals surface area contributed by atoms with Gasteiger partial charge in [-0.3, -0.25) is 4.79 Å². The number of carbonyl (C=O) groups excluding carboxylic acids is 1. The number of amides is 1. The molecule has 0 aliphatic carbocycles. The maximum atomic E-state index is 13.5. The summed E-state index contributed by atoms with van der Waals surface area (Å²) in [6, 6.07) is 12.5. The minimum atomic E-state index is -0.568. The van der Waals surface area contributed by atoms with Crippen molar-refractivity contribution in [1.29, 1.82) is 0 Å². The predicted octanol–water partition coefficient (Wildman–Crippen LogP) is 3.59. The Morgan fingerprint density at radius 1 is 1.00 bits per heavy atom. The van der Waals surface area contributed by atoms with Gasteiger partial charge in [0.1, 0.15) is 11.6 Å². The van der Waals surface area contributed by atoms with Gasteiger partial charge >= 0.3 is 0 Å². The van der Waals surface area contributed by atoms with Crippen LogP contribution in [0.1, 0.15) is 11.1 Å². The highest BCUT2D eigenvalue weighted by molar-refractivity contribution is 9.10. The monoisotopic (exact) mass is 353 g/mol. The van der Waals surface area contributed by atoms with Gasteiger partial charge in [0.2, 0.25) is 5.91 Å². The van der Waals surface area contributed by atoms with Crippen LogP contribution >= 0.6 is 15.9 Å². The van der Waals surface area contributed by atoms with Crippen molar-refractivity contribution >= 4 is 21.8 Å². The zero-order valence-corrected chi connectivity index (χ0v) is 12.7. The molecular formula is C16H14BrF2NO. The van der Waals surface area contributed by atoms with Crippen LogP contribution in [0.25, 0.3) is 0 Å². The van der Waals surface area contributed by atoms with Crippen molar-refractivity contribution in [1.82, 2.24) is 5.32 Å². The summed E-state index contributed by atoms with van der Waals surface area (Å²) in [7, 11) is 0. The SMILES string of the molecule is O=C(NCc1ccccc1F)C(Br)Cc1ccccc1F. The molecule has 0 aliphatic heterocycles. The number of benzene rings is 2. The average molecular weight is 354 g/mol. The Balaban J connectivity index is 1.91. The average Bonchev–Trinajstić information content (AvgIpc) is 2.48. The third-order valence-corrected chi connectivity index (χ3v) is 3.79. The lowest BCUT2D eigenvalue weighted by Gasteiger charge is -2.12. The van der Waals surface area contributed by atoms with Gasteiger partial charge in [0.25, 0.3) is 0 Å². The summed E-state index contributed by atoms with van der Waals surface area (Å²) >= 11 is 3.23. The number of hydrogen-bond acceptors (Lipinski definition) is 1. The van der Waals surface area contributed by atoms with Crippen LogP contribution in [0, 0.1) is 11.6 Å². The van der Waals surface area contributed by atoms with Crippen molar-refractivity contribution in [2.75, 3.05) is 0 Å². The first-order chi connectivity index (χ1) is 10.1. The second-order valence-corrected chi connectivity index (χ2v) is 5.68. The molecule has 1 amide bonds. The lowest BCUT2D eigenvalue weighted by molar-refractivity contribution is -0.120. The third kappa shape index (κ3) is 4.36. The number of halogens is 3. The molecule has 110 valence electrons. The number of hydrogen-bond donors (Lipinski definition) is 1.